The van der Waals surface area contributed by atoms with Crippen LogP contribution in [-0.4, -0.2) is 63.6 Å². The van der Waals surface area contributed by atoms with Gasteiger partial charge in [0, 0.05) is 29.5 Å². The van der Waals surface area contributed by atoms with Gasteiger partial charge in [0.15, 0.2) is 0 Å². The number of benzene rings is 1. The van der Waals surface area contributed by atoms with E-state index in [1.807, 2.05) is 0 Å². The zero-order valence-electron chi connectivity index (χ0n) is 20.4. The van der Waals surface area contributed by atoms with Crippen molar-refractivity contribution >= 4 is 23.6 Å². The number of imide groups is 1. The number of ether oxygens (including phenoxy) is 2. The number of carbonyl (C=O) groups excluding carboxylic acids is 3. The smallest absolute Gasteiger partial charge is 0.428 e. The fourth-order valence-corrected chi connectivity index (χ4v) is 5.68. The zero-order chi connectivity index (χ0) is 25.5. The summed E-state index contributed by atoms with van der Waals surface area (Å²) in [6.07, 6.45) is -2.02. The van der Waals surface area contributed by atoms with Crippen LogP contribution in [0.2, 0.25) is 0 Å². The van der Waals surface area contributed by atoms with Crippen molar-refractivity contribution < 1.29 is 34.1 Å². The molecule has 3 N–H and O–H groups in total. The first-order chi connectivity index (χ1) is 16.5. The van der Waals surface area contributed by atoms with Crippen LogP contribution < -0.4 is 10.2 Å². The van der Waals surface area contributed by atoms with E-state index in [2.05, 4.69) is 10.5 Å². The Kier molecular flexibility index (Phi) is 6.88. The molecule has 6 atom stereocenters. The number of hydrogen-bond donors (Lipinski definition) is 3. The van der Waals surface area contributed by atoms with E-state index >= 15 is 0 Å². The van der Waals surface area contributed by atoms with Crippen molar-refractivity contribution in [2.75, 3.05) is 7.11 Å². The quantitative estimate of drug-likeness (QED) is 0.435. The van der Waals surface area contributed by atoms with Crippen LogP contribution in [0, 0.1) is 23.7 Å². The molecule has 2 saturated carbocycles. The van der Waals surface area contributed by atoms with Crippen LogP contribution in [0.25, 0.3) is 0 Å². The number of rotatable bonds is 4. The molecule has 35 heavy (non-hydrogen) atoms. The van der Waals surface area contributed by atoms with E-state index in [1.165, 1.54) is 4.90 Å². The van der Waals surface area contributed by atoms with E-state index in [0.29, 0.717) is 24.3 Å². The molecule has 3 amide bonds. The van der Waals surface area contributed by atoms with Gasteiger partial charge in [-0.2, -0.15) is 5.10 Å². The van der Waals surface area contributed by atoms with E-state index in [-0.39, 0.29) is 30.8 Å². The fourth-order valence-electron chi connectivity index (χ4n) is 5.68. The Balaban J connectivity index is 1.47. The number of nitrogens with one attached hydrogen (secondary N) is 1. The molecule has 0 bridgehead atoms. The maximum Gasteiger partial charge on any atom is 0.428 e. The van der Waals surface area contributed by atoms with Gasteiger partial charge in [0.05, 0.1) is 31.2 Å². The number of hydrogen-bond acceptors (Lipinski definition) is 8. The number of amides is 3. The van der Waals surface area contributed by atoms with Gasteiger partial charge >= 0.3 is 6.09 Å². The molecule has 190 valence electrons. The van der Waals surface area contributed by atoms with E-state index < -0.39 is 41.6 Å². The number of nitrogens with zero attached hydrogens (tertiary/aromatic N) is 2. The summed E-state index contributed by atoms with van der Waals surface area (Å²) in [5.74, 6) is -2.09. The van der Waals surface area contributed by atoms with Gasteiger partial charge in [-0.3, -0.25) is 14.5 Å². The van der Waals surface area contributed by atoms with Crippen molar-refractivity contribution in [2.45, 2.75) is 64.4 Å². The lowest BCUT2D eigenvalue weighted by molar-refractivity contribution is -0.146. The van der Waals surface area contributed by atoms with Gasteiger partial charge < -0.3 is 19.7 Å². The van der Waals surface area contributed by atoms with Gasteiger partial charge in [-0.1, -0.05) is 12.1 Å². The maximum absolute atomic E-state index is 13.3. The largest absolute Gasteiger partial charge is 0.497 e. The number of methoxy groups -OCH3 is 1. The SMILES string of the molecule is COc1ccc(COC(=O)NN=C2C[C@@H](O)[C@@H](O)[C@@H]3[C@@H]4C(=O)N(C(C)(C)C)C(=O)[C@@H]4CC[C@@H]23)cc1. The van der Waals surface area contributed by atoms with Crippen molar-refractivity contribution in [3.63, 3.8) is 0 Å². The lowest BCUT2D eigenvalue weighted by Gasteiger charge is -2.45. The minimum Gasteiger partial charge on any atom is -0.497 e. The third kappa shape index (κ3) is 4.77. The lowest BCUT2D eigenvalue weighted by atomic mass is 9.60. The number of likely N-dealkylation sites (tertiary alicyclic amines) is 1. The van der Waals surface area contributed by atoms with Crippen molar-refractivity contribution in [1.82, 2.24) is 10.3 Å². The van der Waals surface area contributed by atoms with Crippen molar-refractivity contribution in [3.05, 3.63) is 29.8 Å². The highest BCUT2D eigenvalue weighted by Crippen LogP contribution is 2.50. The first-order valence-electron chi connectivity index (χ1n) is 11.9. The topological polar surface area (TPSA) is 138 Å². The summed E-state index contributed by atoms with van der Waals surface area (Å²) >= 11 is 0. The van der Waals surface area contributed by atoms with Crippen LogP contribution in [0.15, 0.2) is 29.4 Å². The summed E-state index contributed by atoms with van der Waals surface area (Å²) in [7, 11) is 1.57. The fraction of sp³-hybridized carbons (Fsp3) is 0.600. The summed E-state index contributed by atoms with van der Waals surface area (Å²) in [4.78, 5) is 39.9. The van der Waals surface area contributed by atoms with Crippen LogP contribution in [0.1, 0.15) is 45.6 Å². The molecule has 2 aliphatic carbocycles. The van der Waals surface area contributed by atoms with Crippen LogP contribution in [-0.2, 0) is 20.9 Å². The van der Waals surface area contributed by atoms with E-state index in [1.54, 1.807) is 52.1 Å². The van der Waals surface area contributed by atoms with Crippen molar-refractivity contribution in [1.29, 1.82) is 0 Å². The van der Waals surface area contributed by atoms with Crippen LogP contribution in [0.4, 0.5) is 4.79 Å². The first-order valence-corrected chi connectivity index (χ1v) is 11.9. The molecule has 1 aromatic carbocycles. The lowest BCUT2D eigenvalue weighted by Crippen LogP contribution is -2.55. The van der Waals surface area contributed by atoms with Crippen molar-refractivity contribution in [2.24, 2.45) is 28.8 Å². The maximum atomic E-state index is 13.3. The van der Waals surface area contributed by atoms with Gasteiger partial charge in [0.1, 0.15) is 12.4 Å². The van der Waals surface area contributed by atoms with Gasteiger partial charge in [0.25, 0.3) is 0 Å². The number of fused-ring (bicyclic) bond motifs is 3. The second-order valence-corrected chi connectivity index (χ2v) is 10.5. The first kappa shape index (κ1) is 25.1. The minimum atomic E-state index is -1.16. The summed E-state index contributed by atoms with van der Waals surface area (Å²) < 4.78 is 10.3. The Hall–Kier alpha value is -2.98. The Morgan fingerprint density at radius 1 is 1.11 bits per heavy atom. The molecule has 0 unspecified atom stereocenters. The molecule has 0 spiro atoms. The summed E-state index contributed by atoms with van der Waals surface area (Å²) in [5.41, 5.74) is 2.96. The molecule has 3 fully saturated rings. The average molecular weight is 488 g/mol. The predicted octanol–water partition coefficient (Wildman–Crippen LogP) is 1.83. The van der Waals surface area contributed by atoms with Gasteiger partial charge in [-0.15, -0.1) is 0 Å². The normalized spacial score (nSPS) is 31.7. The molecular weight excluding hydrogens is 454 g/mol. The van der Waals surface area contributed by atoms with E-state index in [0.717, 1.165) is 5.56 Å². The molecule has 1 saturated heterocycles. The minimum absolute atomic E-state index is 0.0388. The molecule has 1 aromatic rings. The summed E-state index contributed by atoms with van der Waals surface area (Å²) in [6.45, 7) is 5.45. The molecular formula is C25H33N3O7. The third-order valence-electron chi connectivity index (χ3n) is 7.27. The Morgan fingerprint density at radius 2 is 1.77 bits per heavy atom. The molecule has 3 aliphatic rings. The number of hydrazone groups is 1. The Morgan fingerprint density at radius 3 is 2.40 bits per heavy atom. The van der Waals surface area contributed by atoms with Gasteiger partial charge in [-0.05, 0) is 51.3 Å². The molecule has 1 aliphatic heterocycles. The Bertz CT molecular complexity index is 1020. The summed E-state index contributed by atoms with van der Waals surface area (Å²) in [6, 6.07) is 7.08. The Labute approximate surface area is 204 Å². The highest BCUT2D eigenvalue weighted by atomic mass is 16.6. The molecule has 4 rings (SSSR count). The zero-order valence-corrected chi connectivity index (χ0v) is 20.4. The molecule has 10 nitrogen and oxygen atoms in total. The highest BCUT2D eigenvalue weighted by molar-refractivity contribution is 6.06. The number of carbonyl (C=O) groups is 3. The van der Waals surface area contributed by atoms with Crippen molar-refractivity contribution in [3.8, 4) is 5.75 Å². The standard InChI is InChI=1S/C25H33N3O7/c1-25(2,3)28-22(31)16-10-9-15-17(11-18(29)21(30)19(15)20(16)23(28)32)26-27-24(33)35-12-13-5-7-14(34-4)8-6-13/h5-8,15-16,18-21,29-30H,9-12H2,1-4H3,(H,27,33)/t15-,16+,18+,19-,20+,21+/m0/s1. The monoisotopic (exact) mass is 487 g/mol. The molecule has 0 radical (unpaired) electrons. The van der Waals surface area contributed by atoms with Crippen LogP contribution in [0.3, 0.4) is 0 Å². The van der Waals surface area contributed by atoms with Crippen LogP contribution >= 0.6 is 0 Å². The molecule has 10 heteroatoms. The van der Waals surface area contributed by atoms with Gasteiger partial charge in [0.2, 0.25) is 11.8 Å². The number of aliphatic hydroxyl groups is 2. The highest BCUT2D eigenvalue weighted by Gasteiger charge is 2.61. The molecule has 1 heterocycles. The van der Waals surface area contributed by atoms with E-state index in [4.69, 9.17) is 9.47 Å². The second kappa shape index (κ2) is 9.58. The summed E-state index contributed by atoms with van der Waals surface area (Å²) in [5, 5.41) is 25.6. The van der Waals surface area contributed by atoms with Crippen LogP contribution in [0.5, 0.6) is 5.75 Å². The van der Waals surface area contributed by atoms with E-state index in [9.17, 15) is 24.6 Å². The van der Waals surface area contributed by atoms with Gasteiger partial charge in [-0.25, -0.2) is 10.2 Å². The predicted molar refractivity (Wildman–Crippen MR) is 125 cm³/mol. The average Bonchev–Trinajstić information content (AvgIpc) is 3.09. The number of aliphatic hydroxyl groups excluding tert-OH is 2. The second-order valence-electron chi connectivity index (χ2n) is 10.5. The molecule has 0 aromatic heterocycles. The third-order valence-corrected chi connectivity index (χ3v) is 7.27.